The summed E-state index contributed by atoms with van der Waals surface area (Å²) < 4.78 is 1.77. The van der Waals surface area contributed by atoms with Crippen molar-refractivity contribution >= 4 is 29.1 Å². The van der Waals surface area contributed by atoms with E-state index in [9.17, 15) is 4.79 Å². The Bertz CT molecular complexity index is 776. The average molecular weight is 381 g/mol. The first-order valence-corrected chi connectivity index (χ1v) is 9.05. The molecule has 1 aliphatic rings. The molecule has 1 aromatic heterocycles. The predicted octanol–water partition coefficient (Wildman–Crippen LogP) is 3.25. The zero-order valence-electron chi connectivity index (χ0n) is 14.5. The minimum Gasteiger partial charge on any atom is -0.339 e. The molecule has 1 amide bonds. The zero-order chi connectivity index (χ0) is 18.1. The highest BCUT2D eigenvalue weighted by Crippen LogP contribution is 2.33. The minimum atomic E-state index is -0.132. The second-order valence-corrected chi connectivity index (χ2v) is 7.45. The van der Waals surface area contributed by atoms with Crippen molar-refractivity contribution in [3.8, 4) is 0 Å². The summed E-state index contributed by atoms with van der Waals surface area (Å²) in [6, 6.07) is 5.26. The van der Waals surface area contributed by atoms with Crippen molar-refractivity contribution in [2.45, 2.75) is 18.9 Å². The summed E-state index contributed by atoms with van der Waals surface area (Å²) in [7, 11) is 3.72. The summed E-state index contributed by atoms with van der Waals surface area (Å²) >= 11 is 12.3. The fourth-order valence-electron chi connectivity index (χ4n) is 3.42. The first kappa shape index (κ1) is 18.2. The van der Waals surface area contributed by atoms with Crippen LogP contribution in [0.2, 0.25) is 10.0 Å². The number of carbonyl (C=O) groups excluding carboxylic acids is 1. The molecular formula is C18H22Cl2N4O. The second kappa shape index (κ2) is 7.36. The molecule has 2 heterocycles. The highest BCUT2D eigenvalue weighted by Gasteiger charge is 2.37. The Morgan fingerprint density at radius 3 is 2.80 bits per heavy atom. The van der Waals surface area contributed by atoms with E-state index in [2.05, 4.69) is 10.4 Å². The maximum absolute atomic E-state index is 13.1. The van der Waals surface area contributed by atoms with Gasteiger partial charge in [-0.15, -0.1) is 0 Å². The number of aryl methyl sites for hydroxylation is 1. The fourth-order valence-corrected chi connectivity index (χ4v) is 3.99. The number of carbonyl (C=O) groups is 1. The molecule has 0 radical (unpaired) electrons. The van der Waals surface area contributed by atoms with Crippen LogP contribution in [0.4, 0.5) is 0 Å². The van der Waals surface area contributed by atoms with E-state index in [1.807, 2.05) is 39.5 Å². The van der Waals surface area contributed by atoms with Gasteiger partial charge in [0.1, 0.15) is 0 Å². The van der Waals surface area contributed by atoms with E-state index in [1.165, 1.54) is 0 Å². The molecule has 1 aliphatic heterocycles. The van der Waals surface area contributed by atoms with Gasteiger partial charge in [0.05, 0.1) is 18.2 Å². The van der Waals surface area contributed by atoms with Gasteiger partial charge in [-0.1, -0.05) is 29.3 Å². The van der Waals surface area contributed by atoms with E-state index < -0.39 is 0 Å². The normalized spacial score (nSPS) is 21.3. The molecule has 5 nitrogen and oxygen atoms in total. The van der Waals surface area contributed by atoms with Crippen LogP contribution in [0.1, 0.15) is 30.0 Å². The monoisotopic (exact) mass is 380 g/mol. The van der Waals surface area contributed by atoms with Crippen LogP contribution < -0.4 is 5.32 Å². The van der Waals surface area contributed by atoms with Crippen molar-refractivity contribution in [2.75, 3.05) is 20.1 Å². The first-order valence-electron chi connectivity index (χ1n) is 8.29. The van der Waals surface area contributed by atoms with Crippen molar-refractivity contribution in [3.63, 3.8) is 0 Å². The minimum absolute atomic E-state index is 0.109. The molecule has 3 atom stereocenters. The predicted molar refractivity (Wildman–Crippen MR) is 100.0 cm³/mol. The van der Waals surface area contributed by atoms with Crippen LogP contribution in [0.5, 0.6) is 0 Å². The van der Waals surface area contributed by atoms with Gasteiger partial charge in [-0.25, -0.2) is 0 Å². The molecular weight excluding hydrogens is 359 g/mol. The van der Waals surface area contributed by atoms with E-state index in [1.54, 1.807) is 21.7 Å². The van der Waals surface area contributed by atoms with E-state index in [4.69, 9.17) is 23.2 Å². The molecule has 1 fully saturated rings. The molecule has 1 aromatic carbocycles. The number of nitrogens with zero attached hydrogens (tertiary/aromatic N) is 3. The van der Waals surface area contributed by atoms with Crippen molar-refractivity contribution in [2.24, 2.45) is 13.0 Å². The number of benzene rings is 1. The van der Waals surface area contributed by atoms with Gasteiger partial charge >= 0.3 is 0 Å². The second-order valence-electron chi connectivity index (χ2n) is 6.61. The molecule has 1 saturated heterocycles. The summed E-state index contributed by atoms with van der Waals surface area (Å²) in [6.45, 7) is 3.43. The molecule has 25 heavy (non-hydrogen) atoms. The third kappa shape index (κ3) is 3.68. The molecule has 0 aliphatic carbocycles. The standard InChI is InChI=1S/C18H22Cl2N4O/c1-11(14-5-4-13(19)6-17(14)20)24(3)18(25)16-9-21-8-15(16)12-7-22-23(2)10-12/h4-7,10-11,15-16,21H,8-9H2,1-3H3/t11?,15-,16+/m1/s1. The van der Waals surface area contributed by atoms with Crippen LogP contribution in [0.3, 0.4) is 0 Å². The van der Waals surface area contributed by atoms with Crippen molar-refractivity contribution in [1.82, 2.24) is 20.0 Å². The topological polar surface area (TPSA) is 50.2 Å². The van der Waals surface area contributed by atoms with Gasteiger partial charge in [0.2, 0.25) is 5.91 Å². The Morgan fingerprint density at radius 1 is 1.40 bits per heavy atom. The van der Waals surface area contributed by atoms with Crippen LogP contribution in [0.15, 0.2) is 30.6 Å². The number of halogens is 2. The van der Waals surface area contributed by atoms with E-state index >= 15 is 0 Å². The van der Waals surface area contributed by atoms with Gasteiger partial charge in [0.15, 0.2) is 0 Å². The van der Waals surface area contributed by atoms with Gasteiger partial charge in [0, 0.05) is 49.3 Å². The SMILES string of the molecule is CC(c1ccc(Cl)cc1Cl)N(C)C(=O)[C@H]1CNC[C@@H]1c1cnn(C)c1. The summed E-state index contributed by atoms with van der Waals surface area (Å²) in [5, 5.41) is 8.74. The molecule has 0 spiro atoms. The van der Waals surface area contributed by atoms with Gasteiger partial charge in [-0.2, -0.15) is 5.10 Å². The van der Waals surface area contributed by atoms with Gasteiger partial charge in [-0.3, -0.25) is 9.48 Å². The lowest BCUT2D eigenvalue weighted by Gasteiger charge is -2.30. The molecule has 7 heteroatoms. The molecule has 0 bridgehead atoms. The van der Waals surface area contributed by atoms with Crippen LogP contribution in [-0.4, -0.2) is 40.7 Å². The maximum Gasteiger partial charge on any atom is 0.227 e. The number of rotatable bonds is 4. The molecule has 2 aromatic rings. The van der Waals surface area contributed by atoms with Gasteiger partial charge < -0.3 is 10.2 Å². The van der Waals surface area contributed by atoms with Crippen LogP contribution in [0, 0.1) is 5.92 Å². The van der Waals surface area contributed by atoms with Crippen molar-refractivity contribution < 1.29 is 4.79 Å². The highest BCUT2D eigenvalue weighted by molar-refractivity contribution is 6.35. The highest BCUT2D eigenvalue weighted by atomic mass is 35.5. The molecule has 3 rings (SSSR count). The van der Waals surface area contributed by atoms with E-state index in [0.29, 0.717) is 16.6 Å². The Kier molecular flexibility index (Phi) is 5.37. The number of aromatic nitrogens is 2. The number of hydrogen-bond donors (Lipinski definition) is 1. The smallest absolute Gasteiger partial charge is 0.227 e. The Morgan fingerprint density at radius 2 is 2.16 bits per heavy atom. The van der Waals surface area contributed by atoms with E-state index in [0.717, 1.165) is 17.7 Å². The largest absolute Gasteiger partial charge is 0.339 e. The number of nitrogens with one attached hydrogen (secondary N) is 1. The third-order valence-electron chi connectivity index (χ3n) is 5.03. The third-order valence-corrected chi connectivity index (χ3v) is 5.59. The fraction of sp³-hybridized carbons (Fsp3) is 0.444. The van der Waals surface area contributed by atoms with Crippen molar-refractivity contribution in [1.29, 1.82) is 0 Å². The number of hydrogen-bond acceptors (Lipinski definition) is 3. The Labute approximate surface area is 157 Å². The van der Waals surface area contributed by atoms with Gasteiger partial charge in [-0.05, 0) is 30.2 Å². The molecule has 1 unspecified atom stereocenters. The molecule has 0 saturated carbocycles. The number of amides is 1. The van der Waals surface area contributed by atoms with Crippen LogP contribution >= 0.6 is 23.2 Å². The first-order chi connectivity index (χ1) is 11.9. The summed E-state index contributed by atoms with van der Waals surface area (Å²) in [4.78, 5) is 14.9. The summed E-state index contributed by atoms with van der Waals surface area (Å²) in [5.41, 5.74) is 1.99. The van der Waals surface area contributed by atoms with Crippen LogP contribution in [0.25, 0.3) is 0 Å². The maximum atomic E-state index is 13.1. The van der Waals surface area contributed by atoms with Crippen LogP contribution in [-0.2, 0) is 11.8 Å². The Hall–Kier alpha value is -1.56. The average Bonchev–Trinajstić information content (AvgIpc) is 3.21. The van der Waals surface area contributed by atoms with Gasteiger partial charge in [0.25, 0.3) is 0 Å². The summed E-state index contributed by atoms with van der Waals surface area (Å²) in [5.74, 6) is 0.136. The van der Waals surface area contributed by atoms with E-state index in [-0.39, 0.29) is 23.8 Å². The Balaban J connectivity index is 1.79. The summed E-state index contributed by atoms with van der Waals surface area (Å²) in [6.07, 6.45) is 3.83. The van der Waals surface area contributed by atoms with Crippen molar-refractivity contribution in [3.05, 3.63) is 51.8 Å². The zero-order valence-corrected chi connectivity index (χ0v) is 16.1. The quantitative estimate of drug-likeness (QED) is 0.885. The lowest BCUT2D eigenvalue weighted by Crippen LogP contribution is -2.37. The lowest BCUT2D eigenvalue weighted by molar-refractivity contribution is -0.136. The molecule has 1 N–H and O–H groups in total. The molecule has 134 valence electrons. The lowest BCUT2D eigenvalue weighted by atomic mass is 9.89.